The van der Waals surface area contributed by atoms with Crippen LogP contribution in [0.2, 0.25) is 0 Å². The second-order valence-electron chi connectivity index (χ2n) is 9.51. The molecule has 1 heterocycles. The summed E-state index contributed by atoms with van der Waals surface area (Å²) in [6.07, 6.45) is 7.53. The number of morpholine rings is 1. The highest BCUT2D eigenvalue weighted by Gasteiger charge is 2.51. The molecule has 5 aliphatic rings. The van der Waals surface area contributed by atoms with Crippen LogP contribution in [0.5, 0.6) is 5.75 Å². The summed E-state index contributed by atoms with van der Waals surface area (Å²) >= 11 is 0. The van der Waals surface area contributed by atoms with Gasteiger partial charge in [0.1, 0.15) is 5.75 Å². The molecule has 6 rings (SSSR count). The largest absolute Gasteiger partial charge is 0.508 e. The maximum Gasteiger partial charge on any atom is 0.319 e. The van der Waals surface area contributed by atoms with Gasteiger partial charge in [-0.3, -0.25) is 4.90 Å². The molecule has 0 spiro atoms. The third-order valence-corrected chi connectivity index (χ3v) is 7.25. The highest BCUT2D eigenvalue weighted by molar-refractivity contribution is 5.90. The van der Waals surface area contributed by atoms with Gasteiger partial charge in [0.15, 0.2) is 0 Å². The molecule has 3 N–H and O–H groups in total. The number of hydrogen-bond donors (Lipinski definition) is 3. The van der Waals surface area contributed by atoms with E-state index in [0.29, 0.717) is 6.54 Å². The molecule has 1 aromatic rings. The van der Waals surface area contributed by atoms with Gasteiger partial charge in [-0.1, -0.05) is 0 Å². The van der Waals surface area contributed by atoms with Gasteiger partial charge in [-0.2, -0.15) is 0 Å². The number of hydrogen-bond acceptors (Lipinski definition) is 4. The van der Waals surface area contributed by atoms with E-state index in [2.05, 4.69) is 15.5 Å². The van der Waals surface area contributed by atoms with Crippen LogP contribution in [0.4, 0.5) is 10.5 Å². The van der Waals surface area contributed by atoms with E-state index in [1.54, 1.807) is 12.1 Å². The van der Waals surface area contributed by atoms with E-state index >= 15 is 0 Å². The summed E-state index contributed by atoms with van der Waals surface area (Å²) in [5.74, 6) is 2.69. The molecule has 28 heavy (non-hydrogen) atoms. The highest BCUT2D eigenvalue weighted by Crippen LogP contribution is 2.55. The second kappa shape index (κ2) is 7.23. The number of phenols is 1. The Morgan fingerprint density at radius 1 is 1.11 bits per heavy atom. The first-order valence-electron chi connectivity index (χ1n) is 10.8. The predicted octanol–water partition coefficient (Wildman–Crippen LogP) is 3.31. The zero-order valence-electron chi connectivity index (χ0n) is 16.5. The molecule has 0 atom stereocenters. The zero-order valence-corrected chi connectivity index (χ0v) is 16.5. The Balaban J connectivity index is 1.23. The van der Waals surface area contributed by atoms with Crippen molar-refractivity contribution >= 4 is 11.7 Å². The summed E-state index contributed by atoms with van der Waals surface area (Å²) in [4.78, 5) is 15.0. The Labute approximate surface area is 166 Å². The fourth-order valence-corrected chi connectivity index (χ4v) is 6.46. The molecular weight excluding hydrogens is 354 g/mol. The lowest BCUT2D eigenvalue weighted by atomic mass is 9.53. The summed E-state index contributed by atoms with van der Waals surface area (Å²) in [6.45, 7) is 3.85. The average molecular weight is 386 g/mol. The van der Waals surface area contributed by atoms with Crippen molar-refractivity contribution in [2.45, 2.75) is 50.6 Å². The van der Waals surface area contributed by atoms with Gasteiger partial charge in [0.05, 0.1) is 13.2 Å². The first-order valence-corrected chi connectivity index (χ1v) is 10.8. The second-order valence-corrected chi connectivity index (χ2v) is 9.51. The van der Waals surface area contributed by atoms with E-state index in [-0.39, 0.29) is 17.3 Å². The van der Waals surface area contributed by atoms with Crippen molar-refractivity contribution in [1.82, 2.24) is 10.2 Å². The molecule has 6 nitrogen and oxygen atoms in total. The Bertz CT molecular complexity index is 709. The fraction of sp³-hybridized carbons (Fsp3) is 0.682. The number of nitrogens with one attached hydrogen (secondary N) is 2. The van der Waals surface area contributed by atoms with E-state index in [1.807, 2.05) is 6.07 Å². The van der Waals surface area contributed by atoms with Gasteiger partial charge in [-0.15, -0.1) is 0 Å². The lowest BCUT2D eigenvalue weighted by Gasteiger charge is -2.56. The van der Waals surface area contributed by atoms with Crippen LogP contribution in [-0.2, 0) is 11.3 Å². The van der Waals surface area contributed by atoms with Crippen LogP contribution in [0.1, 0.15) is 44.1 Å². The van der Waals surface area contributed by atoms with Crippen LogP contribution in [0.3, 0.4) is 0 Å². The molecule has 6 heteroatoms. The third-order valence-electron chi connectivity index (χ3n) is 7.25. The molecule has 152 valence electrons. The van der Waals surface area contributed by atoms with Crippen molar-refractivity contribution in [1.29, 1.82) is 0 Å². The van der Waals surface area contributed by atoms with E-state index in [9.17, 15) is 9.90 Å². The predicted molar refractivity (Wildman–Crippen MR) is 107 cm³/mol. The number of nitrogens with zero attached hydrogens (tertiary/aromatic N) is 1. The van der Waals surface area contributed by atoms with Crippen LogP contribution < -0.4 is 10.6 Å². The van der Waals surface area contributed by atoms with E-state index in [4.69, 9.17) is 4.74 Å². The van der Waals surface area contributed by atoms with Crippen LogP contribution in [-0.4, -0.2) is 47.9 Å². The summed E-state index contributed by atoms with van der Waals surface area (Å²) in [7, 11) is 0. The summed E-state index contributed by atoms with van der Waals surface area (Å²) < 4.78 is 5.39. The molecule has 2 amide bonds. The zero-order chi connectivity index (χ0) is 19.1. The number of carbonyl (C=O) groups excluding carboxylic acids is 1. The van der Waals surface area contributed by atoms with Gasteiger partial charge in [0.2, 0.25) is 0 Å². The minimum atomic E-state index is -0.107. The summed E-state index contributed by atoms with van der Waals surface area (Å²) in [5.41, 5.74) is 1.59. The van der Waals surface area contributed by atoms with Gasteiger partial charge in [-0.05, 0) is 74.5 Å². The Morgan fingerprint density at radius 2 is 1.75 bits per heavy atom. The Morgan fingerprint density at radius 3 is 2.39 bits per heavy atom. The van der Waals surface area contributed by atoms with Crippen molar-refractivity contribution < 1.29 is 14.6 Å². The standard InChI is InChI=1S/C22H31N3O3/c26-20-2-1-19(10-18(20)14-25-3-5-28-6-4-25)23-21(27)24-22-11-15-7-16(12-22)9-17(8-15)13-22/h1-2,10,15-17,26H,3-9,11-14H2,(H2,23,24,27). The summed E-state index contributed by atoms with van der Waals surface area (Å²) in [5, 5.41) is 16.6. The van der Waals surface area contributed by atoms with Crippen molar-refractivity contribution in [2.24, 2.45) is 17.8 Å². The molecule has 1 aliphatic heterocycles. The maximum absolute atomic E-state index is 12.8. The quantitative estimate of drug-likeness (QED) is 0.695. The van der Waals surface area contributed by atoms with Crippen LogP contribution >= 0.6 is 0 Å². The van der Waals surface area contributed by atoms with Crippen LogP contribution in [0.25, 0.3) is 0 Å². The number of benzene rings is 1. The van der Waals surface area contributed by atoms with Gasteiger partial charge < -0.3 is 20.5 Å². The van der Waals surface area contributed by atoms with Crippen molar-refractivity contribution in [3.8, 4) is 5.75 Å². The Hall–Kier alpha value is -1.79. The minimum absolute atomic E-state index is 0.00633. The first kappa shape index (κ1) is 18.3. The lowest BCUT2D eigenvalue weighted by Crippen LogP contribution is -2.60. The van der Waals surface area contributed by atoms with Crippen molar-refractivity contribution in [2.75, 3.05) is 31.6 Å². The number of urea groups is 1. The third kappa shape index (κ3) is 3.72. The van der Waals surface area contributed by atoms with E-state index < -0.39 is 0 Å². The van der Waals surface area contributed by atoms with Gasteiger partial charge >= 0.3 is 6.03 Å². The number of carbonyl (C=O) groups is 1. The van der Waals surface area contributed by atoms with Gasteiger partial charge in [-0.25, -0.2) is 4.79 Å². The average Bonchev–Trinajstić information content (AvgIpc) is 2.63. The molecule has 0 radical (unpaired) electrons. The van der Waals surface area contributed by atoms with E-state index in [1.165, 1.54) is 19.3 Å². The number of amides is 2. The molecule has 4 aliphatic carbocycles. The van der Waals surface area contributed by atoms with Gasteiger partial charge in [0.25, 0.3) is 0 Å². The maximum atomic E-state index is 12.8. The van der Waals surface area contributed by atoms with Crippen molar-refractivity contribution in [3.63, 3.8) is 0 Å². The van der Waals surface area contributed by atoms with Gasteiger partial charge in [0, 0.05) is 36.4 Å². The number of ether oxygens (including phenoxy) is 1. The Kier molecular flexibility index (Phi) is 4.71. The smallest absolute Gasteiger partial charge is 0.319 e. The van der Waals surface area contributed by atoms with Crippen LogP contribution in [0, 0.1) is 17.8 Å². The molecule has 1 saturated heterocycles. The number of anilines is 1. The van der Waals surface area contributed by atoms with Crippen LogP contribution in [0.15, 0.2) is 18.2 Å². The molecule has 1 aromatic carbocycles. The fourth-order valence-electron chi connectivity index (χ4n) is 6.46. The first-order chi connectivity index (χ1) is 13.6. The number of rotatable bonds is 4. The monoisotopic (exact) mass is 385 g/mol. The lowest BCUT2D eigenvalue weighted by molar-refractivity contribution is -0.0127. The normalized spacial score (nSPS) is 34.4. The van der Waals surface area contributed by atoms with Crippen molar-refractivity contribution in [3.05, 3.63) is 23.8 Å². The summed E-state index contributed by atoms with van der Waals surface area (Å²) in [6, 6.07) is 5.24. The topological polar surface area (TPSA) is 73.8 Å². The molecule has 0 aromatic heterocycles. The molecule has 4 saturated carbocycles. The molecular formula is C22H31N3O3. The highest BCUT2D eigenvalue weighted by atomic mass is 16.5. The van der Waals surface area contributed by atoms with E-state index in [0.717, 1.165) is 74.6 Å². The molecule has 5 fully saturated rings. The SMILES string of the molecule is O=C(Nc1ccc(O)c(CN2CCOCC2)c1)NC12CC3CC(CC(C3)C1)C2. The number of phenolic OH excluding ortho intramolecular Hbond substituents is 1. The minimum Gasteiger partial charge on any atom is -0.508 e. The molecule has 0 unspecified atom stereocenters. The molecule has 4 bridgehead atoms. The number of aromatic hydroxyl groups is 1.